The first-order chi connectivity index (χ1) is 6.72. The topological polar surface area (TPSA) is 20.2 Å². The Morgan fingerprint density at radius 2 is 1.93 bits per heavy atom. The molecule has 0 aliphatic rings. The first-order valence-corrected chi connectivity index (χ1v) is 8.93. The SMILES string of the molecule is CC(C)(Cc1cccc(Br)c1)[Si](C)(C)O. The fraction of sp³-hybridized carbons (Fsp3) is 0.500. The summed E-state index contributed by atoms with van der Waals surface area (Å²) in [5, 5.41) is 0.00773. The molecule has 0 saturated heterocycles. The van der Waals surface area contributed by atoms with E-state index in [1.165, 1.54) is 5.56 Å². The lowest BCUT2D eigenvalue weighted by atomic mass is 10.0. The Bertz CT molecular complexity index is 342. The Morgan fingerprint density at radius 3 is 2.40 bits per heavy atom. The predicted molar refractivity (Wildman–Crippen MR) is 71.6 cm³/mol. The van der Waals surface area contributed by atoms with Crippen LogP contribution < -0.4 is 0 Å². The van der Waals surface area contributed by atoms with Crippen molar-refractivity contribution in [1.82, 2.24) is 0 Å². The molecule has 1 aromatic carbocycles. The van der Waals surface area contributed by atoms with Gasteiger partial charge in [-0.3, -0.25) is 0 Å². The van der Waals surface area contributed by atoms with Crippen LogP contribution in [0.3, 0.4) is 0 Å². The van der Waals surface area contributed by atoms with E-state index in [9.17, 15) is 4.80 Å². The summed E-state index contributed by atoms with van der Waals surface area (Å²) in [7, 11) is -2.10. The average Bonchev–Trinajstić information content (AvgIpc) is 2.00. The summed E-state index contributed by atoms with van der Waals surface area (Å²) in [6.45, 7) is 8.32. The first-order valence-electron chi connectivity index (χ1n) is 5.19. The Hall–Kier alpha value is -0.123. The maximum atomic E-state index is 10.2. The standard InChI is InChI=1S/C12H19BrOSi/c1-12(2,15(3,4)14)9-10-6-5-7-11(13)8-10/h5-8,14H,9H2,1-4H3. The van der Waals surface area contributed by atoms with E-state index in [0.29, 0.717) is 0 Å². The van der Waals surface area contributed by atoms with Gasteiger partial charge in [-0.05, 0) is 42.2 Å². The van der Waals surface area contributed by atoms with Gasteiger partial charge in [0.25, 0.3) is 0 Å². The van der Waals surface area contributed by atoms with E-state index in [2.05, 4.69) is 41.9 Å². The summed E-state index contributed by atoms with van der Waals surface area (Å²) in [6, 6.07) is 8.31. The molecule has 1 aromatic rings. The highest BCUT2D eigenvalue weighted by molar-refractivity contribution is 9.10. The number of hydrogen-bond donors (Lipinski definition) is 1. The molecule has 0 aliphatic carbocycles. The van der Waals surface area contributed by atoms with Gasteiger partial charge in [-0.25, -0.2) is 0 Å². The highest BCUT2D eigenvalue weighted by atomic mass is 79.9. The van der Waals surface area contributed by atoms with Gasteiger partial charge in [0.2, 0.25) is 0 Å². The van der Waals surface area contributed by atoms with E-state index < -0.39 is 8.32 Å². The molecule has 0 aromatic heterocycles. The van der Waals surface area contributed by atoms with E-state index in [0.717, 1.165) is 10.9 Å². The largest absolute Gasteiger partial charge is 0.432 e. The predicted octanol–water partition coefficient (Wildman–Crippen LogP) is 3.97. The van der Waals surface area contributed by atoms with Crippen molar-refractivity contribution in [2.24, 2.45) is 0 Å². The van der Waals surface area contributed by atoms with Crippen molar-refractivity contribution in [3.8, 4) is 0 Å². The van der Waals surface area contributed by atoms with E-state index in [1.54, 1.807) is 0 Å². The molecule has 0 fully saturated rings. The molecule has 0 unspecified atom stereocenters. The number of rotatable bonds is 3. The Kier molecular flexibility index (Phi) is 3.79. The van der Waals surface area contributed by atoms with Crippen molar-refractivity contribution in [3.63, 3.8) is 0 Å². The molecule has 0 spiro atoms. The van der Waals surface area contributed by atoms with Gasteiger partial charge in [0.15, 0.2) is 8.32 Å². The van der Waals surface area contributed by atoms with Crippen LogP contribution in [0.5, 0.6) is 0 Å². The molecule has 0 radical (unpaired) electrons. The van der Waals surface area contributed by atoms with Crippen LogP contribution in [0.1, 0.15) is 19.4 Å². The Labute approximate surface area is 102 Å². The molecular formula is C12H19BrOSi. The van der Waals surface area contributed by atoms with Crippen LogP contribution in [0.15, 0.2) is 28.7 Å². The molecule has 1 nitrogen and oxygen atoms in total. The second kappa shape index (κ2) is 4.40. The average molecular weight is 287 g/mol. The molecular weight excluding hydrogens is 268 g/mol. The molecule has 0 saturated carbocycles. The number of benzene rings is 1. The third kappa shape index (κ3) is 3.43. The minimum absolute atomic E-state index is 0.00773. The smallest absolute Gasteiger partial charge is 0.188 e. The zero-order chi connectivity index (χ0) is 11.7. The lowest BCUT2D eigenvalue weighted by Crippen LogP contribution is -2.40. The van der Waals surface area contributed by atoms with Crippen LogP contribution >= 0.6 is 15.9 Å². The van der Waals surface area contributed by atoms with E-state index in [-0.39, 0.29) is 5.04 Å². The van der Waals surface area contributed by atoms with Crippen molar-refractivity contribution in [2.75, 3.05) is 0 Å². The second-order valence-corrected chi connectivity index (χ2v) is 10.6. The summed E-state index contributed by atoms with van der Waals surface area (Å²) in [5.41, 5.74) is 1.28. The lowest BCUT2D eigenvalue weighted by molar-refractivity contribution is 0.467. The van der Waals surface area contributed by atoms with Crippen molar-refractivity contribution in [3.05, 3.63) is 34.3 Å². The molecule has 0 atom stereocenters. The van der Waals surface area contributed by atoms with E-state index in [4.69, 9.17) is 0 Å². The molecule has 3 heteroatoms. The third-order valence-corrected chi connectivity index (χ3v) is 7.17. The van der Waals surface area contributed by atoms with Gasteiger partial charge in [0.1, 0.15) is 0 Å². The highest BCUT2D eigenvalue weighted by Gasteiger charge is 2.37. The van der Waals surface area contributed by atoms with Gasteiger partial charge in [0, 0.05) is 4.47 Å². The van der Waals surface area contributed by atoms with Crippen LogP contribution in [-0.2, 0) is 6.42 Å². The van der Waals surface area contributed by atoms with Crippen LogP contribution in [0.2, 0.25) is 18.1 Å². The molecule has 15 heavy (non-hydrogen) atoms. The van der Waals surface area contributed by atoms with Gasteiger partial charge in [-0.1, -0.05) is 41.9 Å². The van der Waals surface area contributed by atoms with E-state index in [1.807, 2.05) is 25.2 Å². The molecule has 0 aliphatic heterocycles. The third-order valence-electron chi connectivity index (χ3n) is 3.19. The summed E-state index contributed by atoms with van der Waals surface area (Å²) < 4.78 is 1.10. The maximum absolute atomic E-state index is 10.2. The van der Waals surface area contributed by atoms with Crippen molar-refractivity contribution in [1.29, 1.82) is 0 Å². The van der Waals surface area contributed by atoms with E-state index >= 15 is 0 Å². The summed E-state index contributed by atoms with van der Waals surface area (Å²) in [6.07, 6.45) is 0.933. The molecule has 0 amide bonds. The summed E-state index contributed by atoms with van der Waals surface area (Å²) in [4.78, 5) is 10.2. The molecule has 1 rings (SSSR count). The fourth-order valence-electron chi connectivity index (χ4n) is 1.37. The maximum Gasteiger partial charge on any atom is 0.188 e. The van der Waals surface area contributed by atoms with Crippen LogP contribution in [0.4, 0.5) is 0 Å². The van der Waals surface area contributed by atoms with Gasteiger partial charge in [-0.2, -0.15) is 0 Å². The zero-order valence-electron chi connectivity index (χ0n) is 9.84. The van der Waals surface area contributed by atoms with Crippen LogP contribution in [-0.4, -0.2) is 13.1 Å². The summed E-state index contributed by atoms with van der Waals surface area (Å²) >= 11 is 3.47. The zero-order valence-corrected chi connectivity index (χ0v) is 12.4. The summed E-state index contributed by atoms with van der Waals surface area (Å²) in [5.74, 6) is 0. The second-order valence-electron chi connectivity index (χ2n) is 5.25. The first kappa shape index (κ1) is 12.9. The number of hydrogen-bond acceptors (Lipinski definition) is 1. The Morgan fingerprint density at radius 1 is 1.33 bits per heavy atom. The minimum atomic E-state index is -2.10. The van der Waals surface area contributed by atoms with Gasteiger partial charge < -0.3 is 4.80 Å². The van der Waals surface area contributed by atoms with Gasteiger partial charge >= 0.3 is 0 Å². The molecule has 0 bridgehead atoms. The molecule has 0 heterocycles. The van der Waals surface area contributed by atoms with Gasteiger partial charge in [-0.15, -0.1) is 0 Å². The lowest BCUT2D eigenvalue weighted by Gasteiger charge is -2.35. The molecule has 1 N–H and O–H groups in total. The van der Waals surface area contributed by atoms with Crippen molar-refractivity contribution >= 4 is 24.2 Å². The number of halogens is 1. The van der Waals surface area contributed by atoms with Crippen molar-refractivity contribution in [2.45, 2.75) is 38.4 Å². The minimum Gasteiger partial charge on any atom is -0.432 e. The fourth-order valence-corrected chi connectivity index (χ4v) is 2.46. The quantitative estimate of drug-likeness (QED) is 0.834. The van der Waals surface area contributed by atoms with Crippen LogP contribution in [0.25, 0.3) is 0 Å². The monoisotopic (exact) mass is 286 g/mol. The normalized spacial score (nSPS) is 12.9. The highest BCUT2D eigenvalue weighted by Crippen LogP contribution is 2.38. The Balaban J connectivity index is 2.87. The van der Waals surface area contributed by atoms with Crippen molar-refractivity contribution < 1.29 is 4.80 Å². The van der Waals surface area contributed by atoms with Gasteiger partial charge in [0.05, 0.1) is 0 Å². The molecule has 84 valence electrons. The van der Waals surface area contributed by atoms with Crippen LogP contribution in [0, 0.1) is 0 Å².